The van der Waals surface area contributed by atoms with Gasteiger partial charge < -0.3 is 9.47 Å². The largest absolute Gasteiger partial charge is 0.463 e. The number of hydrogen-bond acceptors (Lipinski definition) is 5. The maximum atomic E-state index is 13.4. The van der Waals surface area contributed by atoms with Crippen molar-refractivity contribution in [2.75, 3.05) is 6.61 Å². The molecule has 0 aliphatic rings. The number of nitrogens with zero attached hydrogens (tertiary/aromatic N) is 3. The fraction of sp³-hybridized carbons (Fsp3) is 0.308. The number of aromatic nitrogens is 3. The fourth-order valence-corrected chi connectivity index (χ4v) is 1.51. The Bertz CT molecular complexity index is 610. The molecule has 1 heterocycles. The Labute approximate surface area is 120 Å². The van der Waals surface area contributed by atoms with Gasteiger partial charge in [-0.3, -0.25) is 0 Å². The Morgan fingerprint density at radius 3 is 2.65 bits per heavy atom. The minimum Gasteiger partial charge on any atom is -0.463 e. The van der Waals surface area contributed by atoms with Gasteiger partial charge in [0.1, 0.15) is 11.6 Å². The number of rotatable bonds is 5. The average molecular weight is 298 g/mol. The van der Waals surface area contributed by atoms with E-state index in [1.54, 1.807) is 19.1 Å². The Hall–Kier alpha value is -1.95. The maximum absolute atomic E-state index is 13.4. The van der Waals surface area contributed by atoms with Gasteiger partial charge in [0.15, 0.2) is 0 Å². The monoisotopic (exact) mass is 297 g/mol. The highest BCUT2D eigenvalue weighted by Crippen LogP contribution is 2.22. The first-order valence-electron chi connectivity index (χ1n) is 6.07. The lowest BCUT2D eigenvalue weighted by Crippen LogP contribution is -2.03. The van der Waals surface area contributed by atoms with E-state index in [1.807, 2.05) is 6.92 Å². The van der Waals surface area contributed by atoms with Crippen LogP contribution in [0.1, 0.15) is 18.9 Å². The van der Waals surface area contributed by atoms with Crippen LogP contribution in [0.15, 0.2) is 18.2 Å². The van der Waals surface area contributed by atoms with E-state index in [-0.39, 0.29) is 28.9 Å². The summed E-state index contributed by atoms with van der Waals surface area (Å²) in [4.78, 5) is 11.6. The smallest absolute Gasteiger partial charge is 0.329 e. The molecule has 0 atom stereocenters. The second-order valence-corrected chi connectivity index (χ2v) is 4.37. The SMILES string of the molecule is CCCOc1nc(Cl)nc(Oc2ccc(C)c(F)c2)n1. The van der Waals surface area contributed by atoms with Crippen LogP contribution in [0.3, 0.4) is 0 Å². The zero-order chi connectivity index (χ0) is 14.5. The van der Waals surface area contributed by atoms with E-state index in [4.69, 9.17) is 21.1 Å². The molecule has 7 heteroatoms. The van der Waals surface area contributed by atoms with Crippen LogP contribution in [0.5, 0.6) is 17.8 Å². The molecular formula is C13H13ClFN3O2. The highest BCUT2D eigenvalue weighted by Gasteiger charge is 2.09. The van der Waals surface area contributed by atoms with E-state index in [0.717, 1.165) is 6.42 Å². The Kier molecular flexibility index (Phi) is 4.68. The van der Waals surface area contributed by atoms with Gasteiger partial charge in [-0.2, -0.15) is 9.97 Å². The molecular weight excluding hydrogens is 285 g/mol. The molecule has 0 saturated carbocycles. The summed E-state index contributed by atoms with van der Waals surface area (Å²) in [7, 11) is 0. The number of aryl methyl sites for hydroxylation is 1. The second kappa shape index (κ2) is 6.47. The van der Waals surface area contributed by atoms with Gasteiger partial charge in [-0.15, -0.1) is 4.98 Å². The number of ether oxygens (including phenoxy) is 2. The molecule has 1 aromatic heterocycles. The first-order valence-corrected chi connectivity index (χ1v) is 6.44. The highest BCUT2D eigenvalue weighted by atomic mass is 35.5. The van der Waals surface area contributed by atoms with Gasteiger partial charge in [-0.1, -0.05) is 13.0 Å². The van der Waals surface area contributed by atoms with Gasteiger partial charge in [-0.05, 0) is 36.6 Å². The Balaban J connectivity index is 2.19. The third kappa shape index (κ3) is 3.77. The fourth-order valence-electron chi connectivity index (χ4n) is 1.36. The van der Waals surface area contributed by atoms with Crippen LogP contribution >= 0.6 is 11.6 Å². The summed E-state index contributed by atoms with van der Waals surface area (Å²) in [6.45, 7) is 4.07. The first-order chi connectivity index (χ1) is 9.58. The van der Waals surface area contributed by atoms with Crippen LogP contribution in [-0.4, -0.2) is 21.6 Å². The molecule has 0 aliphatic carbocycles. The van der Waals surface area contributed by atoms with Gasteiger partial charge in [0, 0.05) is 6.07 Å². The van der Waals surface area contributed by atoms with Gasteiger partial charge in [0.25, 0.3) is 0 Å². The topological polar surface area (TPSA) is 57.1 Å². The predicted molar refractivity (Wildman–Crippen MR) is 71.8 cm³/mol. The minimum absolute atomic E-state index is 0.0423. The third-order valence-electron chi connectivity index (χ3n) is 2.35. The number of hydrogen-bond donors (Lipinski definition) is 0. The Morgan fingerprint density at radius 1 is 1.20 bits per heavy atom. The van der Waals surface area contributed by atoms with E-state index in [1.165, 1.54) is 6.07 Å². The molecule has 2 aromatic rings. The third-order valence-corrected chi connectivity index (χ3v) is 2.52. The zero-order valence-electron chi connectivity index (χ0n) is 11.1. The van der Waals surface area contributed by atoms with Crippen LogP contribution in [0, 0.1) is 12.7 Å². The molecule has 0 N–H and O–H groups in total. The van der Waals surface area contributed by atoms with E-state index in [0.29, 0.717) is 12.2 Å². The molecule has 0 amide bonds. The summed E-state index contributed by atoms with van der Waals surface area (Å²) in [6.07, 6.45) is 0.808. The summed E-state index contributed by atoms with van der Waals surface area (Å²) < 4.78 is 24.0. The van der Waals surface area contributed by atoms with E-state index in [9.17, 15) is 4.39 Å². The molecule has 106 valence electrons. The molecule has 2 rings (SSSR count). The molecule has 1 aromatic carbocycles. The lowest BCUT2D eigenvalue weighted by atomic mass is 10.2. The van der Waals surface area contributed by atoms with Gasteiger partial charge >= 0.3 is 12.0 Å². The van der Waals surface area contributed by atoms with Crippen molar-refractivity contribution in [2.24, 2.45) is 0 Å². The summed E-state index contributed by atoms with van der Waals surface area (Å²) in [6, 6.07) is 4.50. The van der Waals surface area contributed by atoms with Crippen molar-refractivity contribution in [2.45, 2.75) is 20.3 Å². The van der Waals surface area contributed by atoms with E-state index < -0.39 is 0 Å². The van der Waals surface area contributed by atoms with Crippen LogP contribution in [0.2, 0.25) is 5.28 Å². The Morgan fingerprint density at radius 2 is 1.95 bits per heavy atom. The van der Waals surface area contributed by atoms with Crippen LogP contribution in [0.25, 0.3) is 0 Å². The molecule has 0 bridgehead atoms. The van der Waals surface area contributed by atoms with Crippen molar-refractivity contribution in [1.29, 1.82) is 0 Å². The molecule has 0 aliphatic heterocycles. The normalized spacial score (nSPS) is 10.4. The van der Waals surface area contributed by atoms with Crippen molar-refractivity contribution in [3.63, 3.8) is 0 Å². The van der Waals surface area contributed by atoms with Gasteiger partial charge in [-0.25, -0.2) is 4.39 Å². The molecule has 0 saturated heterocycles. The van der Waals surface area contributed by atoms with Gasteiger partial charge in [0.2, 0.25) is 5.28 Å². The summed E-state index contributed by atoms with van der Waals surface area (Å²) in [5.41, 5.74) is 0.526. The van der Waals surface area contributed by atoms with E-state index in [2.05, 4.69) is 15.0 Å². The lowest BCUT2D eigenvalue weighted by Gasteiger charge is -2.07. The molecule has 5 nitrogen and oxygen atoms in total. The number of benzene rings is 1. The van der Waals surface area contributed by atoms with Crippen LogP contribution in [0.4, 0.5) is 4.39 Å². The molecule has 0 fully saturated rings. The summed E-state index contributed by atoms with van der Waals surface area (Å²) in [5, 5.41) is -0.0475. The summed E-state index contributed by atoms with van der Waals surface area (Å²) in [5.74, 6) is -0.0954. The van der Waals surface area contributed by atoms with Gasteiger partial charge in [0.05, 0.1) is 6.61 Å². The van der Waals surface area contributed by atoms with Crippen molar-refractivity contribution < 1.29 is 13.9 Å². The van der Waals surface area contributed by atoms with Crippen molar-refractivity contribution >= 4 is 11.6 Å². The maximum Gasteiger partial charge on any atom is 0.329 e. The molecule has 0 radical (unpaired) electrons. The average Bonchev–Trinajstić information content (AvgIpc) is 2.40. The lowest BCUT2D eigenvalue weighted by molar-refractivity contribution is 0.284. The van der Waals surface area contributed by atoms with Crippen molar-refractivity contribution in [1.82, 2.24) is 15.0 Å². The predicted octanol–water partition coefficient (Wildman–Crippen LogP) is 3.55. The summed E-state index contributed by atoms with van der Waals surface area (Å²) >= 11 is 5.76. The van der Waals surface area contributed by atoms with Crippen molar-refractivity contribution in [3.8, 4) is 17.8 Å². The quantitative estimate of drug-likeness (QED) is 0.844. The molecule has 20 heavy (non-hydrogen) atoms. The molecule has 0 unspecified atom stereocenters. The van der Waals surface area contributed by atoms with E-state index >= 15 is 0 Å². The van der Waals surface area contributed by atoms with Crippen LogP contribution < -0.4 is 9.47 Å². The highest BCUT2D eigenvalue weighted by molar-refractivity contribution is 6.28. The second-order valence-electron chi connectivity index (χ2n) is 4.03. The standard InChI is InChI=1S/C13H13ClFN3O2/c1-3-6-19-12-16-11(14)17-13(18-12)20-9-5-4-8(2)10(15)7-9/h4-5,7H,3,6H2,1-2H3. The minimum atomic E-state index is -0.370. The molecule has 0 spiro atoms. The number of halogens is 2. The van der Waals surface area contributed by atoms with Crippen molar-refractivity contribution in [3.05, 3.63) is 34.9 Å². The zero-order valence-corrected chi connectivity index (χ0v) is 11.8. The first kappa shape index (κ1) is 14.5. The van der Waals surface area contributed by atoms with Crippen LogP contribution in [-0.2, 0) is 0 Å².